The number of hydrogen-bond acceptors (Lipinski definition) is 2. The van der Waals surface area contributed by atoms with Crippen LogP contribution in [0, 0.1) is 0 Å². The number of nitrogens with one attached hydrogen (secondary N) is 1. The molecule has 0 saturated heterocycles. The monoisotopic (exact) mass is 261 g/mol. The lowest BCUT2D eigenvalue weighted by atomic mass is 10.2. The lowest BCUT2D eigenvalue weighted by molar-refractivity contribution is 0.0951. The molecule has 1 amide bonds. The van der Waals surface area contributed by atoms with Crippen molar-refractivity contribution in [2.75, 3.05) is 0 Å². The zero-order chi connectivity index (χ0) is 13.0. The van der Waals surface area contributed by atoms with Crippen LogP contribution in [-0.2, 0) is 6.54 Å². The molecule has 4 heteroatoms. The molecule has 3 nitrogen and oxygen atoms in total. The van der Waals surface area contributed by atoms with E-state index in [-0.39, 0.29) is 11.7 Å². The molecule has 2 aromatic rings. The second-order valence-corrected chi connectivity index (χ2v) is 4.24. The standard InChI is InChI=1S/C14H12ClNO2/c15-13-7-2-1-6-12(13)14(18)16-9-10-4-3-5-11(17)8-10/h1-8,17H,9H2,(H,16,18). The molecule has 18 heavy (non-hydrogen) atoms. The van der Waals surface area contributed by atoms with E-state index in [1.54, 1.807) is 42.5 Å². The van der Waals surface area contributed by atoms with Crippen LogP contribution in [-0.4, -0.2) is 11.0 Å². The average molecular weight is 262 g/mol. The molecule has 0 atom stereocenters. The van der Waals surface area contributed by atoms with Gasteiger partial charge in [0.05, 0.1) is 10.6 Å². The Bertz CT molecular complexity index is 569. The third-order valence-corrected chi connectivity index (χ3v) is 2.81. The minimum absolute atomic E-state index is 0.180. The summed E-state index contributed by atoms with van der Waals surface area (Å²) < 4.78 is 0. The first-order valence-corrected chi connectivity index (χ1v) is 5.85. The molecule has 0 bridgehead atoms. The number of carbonyl (C=O) groups is 1. The maximum absolute atomic E-state index is 11.9. The molecule has 0 radical (unpaired) electrons. The van der Waals surface area contributed by atoms with Gasteiger partial charge in [-0.2, -0.15) is 0 Å². The Kier molecular flexibility index (Phi) is 3.85. The van der Waals surface area contributed by atoms with Crippen molar-refractivity contribution in [1.82, 2.24) is 5.32 Å². The summed E-state index contributed by atoms with van der Waals surface area (Å²) in [5.74, 6) is -0.0524. The Morgan fingerprint density at radius 2 is 1.94 bits per heavy atom. The molecule has 0 aliphatic rings. The number of amides is 1. The number of phenols is 1. The highest BCUT2D eigenvalue weighted by atomic mass is 35.5. The summed E-state index contributed by atoms with van der Waals surface area (Å²) in [6.45, 7) is 0.346. The normalized spacial score (nSPS) is 10.1. The second kappa shape index (κ2) is 5.56. The van der Waals surface area contributed by atoms with E-state index >= 15 is 0 Å². The van der Waals surface area contributed by atoms with Crippen LogP contribution in [0.2, 0.25) is 5.02 Å². The fourth-order valence-corrected chi connectivity index (χ4v) is 1.81. The average Bonchev–Trinajstić information content (AvgIpc) is 2.37. The fraction of sp³-hybridized carbons (Fsp3) is 0.0714. The van der Waals surface area contributed by atoms with Gasteiger partial charge in [-0.1, -0.05) is 35.9 Å². The number of aromatic hydroxyl groups is 1. The van der Waals surface area contributed by atoms with Crippen molar-refractivity contribution in [2.24, 2.45) is 0 Å². The Hall–Kier alpha value is -2.00. The highest BCUT2D eigenvalue weighted by molar-refractivity contribution is 6.33. The number of carbonyl (C=O) groups excluding carboxylic acids is 1. The second-order valence-electron chi connectivity index (χ2n) is 3.83. The third-order valence-electron chi connectivity index (χ3n) is 2.48. The molecule has 0 aliphatic heterocycles. The van der Waals surface area contributed by atoms with Gasteiger partial charge in [0.25, 0.3) is 5.91 Å². The van der Waals surface area contributed by atoms with Gasteiger partial charge in [-0.05, 0) is 29.8 Å². The van der Waals surface area contributed by atoms with Crippen molar-refractivity contribution in [3.8, 4) is 5.75 Å². The third kappa shape index (κ3) is 3.02. The Labute approximate surface area is 110 Å². The van der Waals surface area contributed by atoms with E-state index in [1.165, 1.54) is 0 Å². The van der Waals surface area contributed by atoms with Crippen LogP contribution in [0.3, 0.4) is 0 Å². The Morgan fingerprint density at radius 1 is 1.17 bits per heavy atom. The molecule has 92 valence electrons. The summed E-state index contributed by atoms with van der Waals surface area (Å²) in [6, 6.07) is 13.6. The van der Waals surface area contributed by atoms with E-state index in [4.69, 9.17) is 11.6 Å². The zero-order valence-corrected chi connectivity index (χ0v) is 10.3. The van der Waals surface area contributed by atoms with Crippen molar-refractivity contribution >= 4 is 17.5 Å². The SMILES string of the molecule is O=C(NCc1cccc(O)c1)c1ccccc1Cl. The Morgan fingerprint density at radius 3 is 2.67 bits per heavy atom. The minimum Gasteiger partial charge on any atom is -0.508 e. The summed E-state index contributed by atoms with van der Waals surface area (Å²) >= 11 is 5.93. The van der Waals surface area contributed by atoms with Gasteiger partial charge in [0, 0.05) is 6.54 Å². The zero-order valence-electron chi connectivity index (χ0n) is 9.56. The largest absolute Gasteiger partial charge is 0.508 e. The van der Waals surface area contributed by atoms with Crippen LogP contribution in [0.1, 0.15) is 15.9 Å². The highest BCUT2D eigenvalue weighted by Gasteiger charge is 2.08. The molecular formula is C14H12ClNO2. The first-order chi connectivity index (χ1) is 8.66. The van der Waals surface area contributed by atoms with E-state index in [1.807, 2.05) is 6.07 Å². The lowest BCUT2D eigenvalue weighted by Crippen LogP contribution is -2.22. The summed E-state index contributed by atoms with van der Waals surface area (Å²) in [6.07, 6.45) is 0. The molecule has 0 aromatic heterocycles. The molecule has 2 N–H and O–H groups in total. The van der Waals surface area contributed by atoms with E-state index in [0.717, 1.165) is 5.56 Å². The fourth-order valence-electron chi connectivity index (χ4n) is 1.59. The molecule has 0 unspecified atom stereocenters. The van der Waals surface area contributed by atoms with Crippen LogP contribution < -0.4 is 5.32 Å². The molecule has 0 saturated carbocycles. The lowest BCUT2D eigenvalue weighted by Gasteiger charge is -2.07. The highest BCUT2D eigenvalue weighted by Crippen LogP contribution is 2.15. The number of benzene rings is 2. The molecule has 0 heterocycles. The van der Waals surface area contributed by atoms with Crippen molar-refractivity contribution in [2.45, 2.75) is 6.54 Å². The van der Waals surface area contributed by atoms with E-state index < -0.39 is 0 Å². The maximum Gasteiger partial charge on any atom is 0.253 e. The first-order valence-electron chi connectivity index (χ1n) is 5.47. The summed E-state index contributed by atoms with van der Waals surface area (Å²) in [5, 5.41) is 12.5. The molecular weight excluding hydrogens is 250 g/mol. The van der Waals surface area contributed by atoms with Crippen molar-refractivity contribution in [3.05, 3.63) is 64.7 Å². The van der Waals surface area contributed by atoms with Crippen molar-refractivity contribution in [1.29, 1.82) is 0 Å². The van der Waals surface area contributed by atoms with E-state index in [9.17, 15) is 9.90 Å². The van der Waals surface area contributed by atoms with Crippen LogP contribution in [0.25, 0.3) is 0 Å². The summed E-state index contributed by atoms with van der Waals surface area (Å²) in [5.41, 5.74) is 1.27. The van der Waals surface area contributed by atoms with Gasteiger partial charge in [-0.3, -0.25) is 4.79 Å². The first kappa shape index (κ1) is 12.5. The molecule has 2 aromatic carbocycles. The van der Waals surface area contributed by atoms with Crippen LogP contribution in [0.4, 0.5) is 0 Å². The maximum atomic E-state index is 11.9. The van der Waals surface area contributed by atoms with E-state index in [0.29, 0.717) is 17.1 Å². The minimum atomic E-state index is -0.232. The van der Waals surface area contributed by atoms with Crippen molar-refractivity contribution < 1.29 is 9.90 Å². The predicted molar refractivity (Wildman–Crippen MR) is 70.7 cm³/mol. The van der Waals surface area contributed by atoms with Gasteiger partial charge in [-0.15, -0.1) is 0 Å². The van der Waals surface area contributed by atoms with Gasteiger partial charge in [0.15, 0.2) is 0 Å². The summed E-state index contributed by atoms with van der Waals surface area (Å²) in [4.78, 5) is 11.9. The molecule has 0 aliphatic carbocycles. The topological polar surface area (TPSA) is 49.3 Å². The predicted octanol–water partition coefficient (Wildman–Crippen LogP) is 2.98. The molecule has 0 spiro atoms. The van der Waals surface area contributed by atoms with Gasteiger partial charge in [0.2, 0.25) is 0 Å². The van der Waals surface area contributed by atoms with Gasteiger partial charge in [0.1, 0.15) is 5.75 Å². The molecule has 0 fully saturated rings. The Balaban J connectivity index is 2.03. The number of phenolic OH excluding ortho intramolecular Hbond substituents is 1. The molecule has 2 rings (SSSR count). The number of rotatable bonds is 3. The van der Waals surface area contributed by atoms with Gasteiger partial charge < -0.3 is 10.4 Å². The quantitative estimate of drug-likeness (QED) is 0.892. The van der Waals surface area contributed by atoms with Crippen LogP contribution >= 0.6 is 11.6 Å². The number of halogens is 1. The van der Waals surface area contributed by atoms with Crippen LogP contribution in [0.15, 0.2) is 48.5 Å². The summed E-state index contributed by atoms with van der Waals surface area (Å²) in [7, 11) is 0. The smallest absolute Gasteiger partial charge is 0.253 e. The van der Waals surface area contributed by atoms with Gasteiger partial charge in [-0.25, -0.2) is 0 Å². The van der Waals surface area contributed by atoms with Crippen LogP contribution in [0.5, 0.6) is 5.75 Å². The van der Waals surface area contributed by atoms with Crippen molar-refractivity contribution in [3.63, 3.8) is 0 Å². The van der Waals surface area contributed by atoms with Gasteiger partial charge >= 0.3 is 0 Å². The van der Waals surface area contributed by atoms with E-state index in [2.05, 4.69) is 5.32 Å². The number of hydrogen-bond donors (Lipinski definition) is 2.